The lowest BCUT2D eigenvalue weighted by Crippen LogP contribution is -2.29. The van der Waals surface area contributed by atoms with Crippen LogP contribution in [0.2, 0.25) is 5.02 Å². The third-order valence-electron chi connectivity index (χ3n) is 5.56. The van der Waals surface area contributed by atoms with Gasteiger partial charge in [-0.05, 0) is 62.7 Å². The molecular weight excluding hydrogens is 514 g/mol. The highest BCUT2D eigenvalue weighted by molar-refractivity contribution is 6.32. The molecule has 4 rings (SSSR count). The Morgan fingerprint density at radius 2 is 2.03 bits per heavy atom. The van der Waals surface area contributed by atoms with E-state index in [9.17, 15) is 13.6 Å². The second kappa shape index (κ2) is 12.7. The van der Waals surface area contributed by atoms with E-state index >= 15 is 0 Å². The maximum atomic E-state index is 12.5. The molecule has 0 atom stereocenters. The second-order valence-corrected chi connectivity index (χ2v) is 9.42. The highest BCUT2D eigenvalue weighted by Gasteiger charge is 2.16. The van der Waals surface area contributed by atoms with E-state index in [0.717, 1.165) is 11.1 Å². The van der Waals surface area contributed by atoms with E-state index in [1.807, 2.05) is 19.9 Å². The number of hydrogen-bond acceptors (Lipinski definition) is 7. The summed E-state index contributed by atoms with van der Waals surface area (Å²) in [5.74, 6) is 1.92. The van der Waals surface area contributed by atoms with Crippen LogP contribution in [0.4, 0.5) is 26.1 Å². The fraction of sp³-hybridized carbons (Fsp3) is 0.296. The summed E-state index contributed by atoms with van der Waals surface area (Å²) in [6.45, 7) is 4.40. The first-order valence-electron chi connectivity index (χ1n) is 12.2. The summed E-state index contributed by atoms with van der Waals surface area (Å²) in [4.78, 5) is 21.0. The summed E-state index contributed by atoms with van der Waals surface area (Å²) >= 11 is 6.52. The van der Waals surface area contributed by atoms with Gasteiger partial charge in [0.05, 0.1) is 17.1 Å². The first kappa shape index (κ1) is 27.3. The van der Waals surface area contributed by atoms with E-state index in [1.165, 1.54) is 6.33 Å². The molecule has 4 N–H and O–H groups in total. The Hall–Kier alpha value is -3.76. The van der Waals surface area contributed by atoms with Gasteiger partial charge in [0.1, 0.15) is 29.5 Å². The van der Waals surface area contributed by atoms with Crippen molar-refractivity contribution in [3.63, 3.8) is 0 Å². The number of hydrogen-bond donors (Lipinski definition) is 4. The lowest BCUT2D eigenvalue weighted by Gasteiger charge is -2.14. The van der Waals surface area contributed by atoms with Gasteiger partial charge in [-0.3, -0.25) is 4.79 Å². The van der Waals surface area contributed by atoms with Gasteiger partial charge in [-0.1, -0.05) is 23.2 Å². The molecule has 1 aliphatic rings. The molecule has 11 heteroatoms. The fourth-order valence-electron chi connectivity index (χ4n) is 3.84. The number of halogens is 3. The van der Waals surface area contributed by atoms with Crippen molar-refractivity contribution in [3.8, 4) is 11.5 Å². The lowest BCUT2D eigenvalue weighted by molar-refractivity contribution is 0.0942. The van der Waals surface area contributed by atoms with Crippen LogP contribution in [0, 0.1) is 0 Å². The predicted octanol–water partition coefficient (Wildman–Crippen LogP) is 5.86. The molecule has 0 saturated heterocycles. The van der Waals surface area contributed by atoms with E-state index in [2.05, 4.69) is 31.2 Å². The van der Waals surface area contributed by atoms with E-state index in [0.29, 0.717) is 58.9 Å². The third kappa shape index (κ3) is 7.39. The summed E-state index contributed by atoms with van der Waals surface area (Å²) in [7, 11) is 0. The van der Waals surface area contributed by atoms with Gasteiger partial charge in [-0.15, -0.1) is 0 Å². The predicted molar refractivity (Wildman–Crippen MR) is 146 cm³/mol. The number of benzene rings is 2. The van der Waals surface area contributed by atoms with Crippen molar-refractivity contribution in [2.24, 2.45) is 0 Å². The Balaban J connectivity index is 1.50. The second-order valence-electron chi connectivity index (χ2n) is 9.01. The summed E-state index contributed by atoms with van der Waals surface area (Å²) < 4.78 is 31.0. The van der Waals surface area contributed by atoms with Gasteiger partial charge in [0.25, 0.3) is 12.3 Å². The van der Waals surface area contributed by atoms with Crippen LogP contribution in [0.15, 0.2) is 54.4 Å². The number of ether oxygens (including phenoxy) is 1. The fourth-order valence-corrected chi connectivity index (χ4v) is 4.06. The van der Waals surface area contributed by atoms with Gasteiger partial charge in [-0.2, -0.15) is 0 Å². The van der Waals surface area contributed by atoms with Crippen LogP contribution in [0.5, 0.6) is 11.5 Å². The van der Waals surface area contributed by atoms with E-state index in [1.54, 1.807) is 42.5 Å². The number of alkyl halides is 2. The van der Waals surface area contributed by atoms with E-state index < -0.39 is 6.43 Å². The van der Waals surface area contributed by atoms with Crippen LogP contribution in [-0.4, -0.2) is 48.0 Å². The van der Waals surface area contributed by atoms with Gasteiger partial charge in [0.15, 0.2) is 0 Å². The van der Waals surface area contributed by atoms with Crippen molar-refractivity contribution in [1.82, 2.24) is 20.6 Å². The van der Waals surface area contributed by atoms with Gasteiger partial charge in [0.2, 0.25) is 0 Å². The quantitative estimate of drug-likeness (QED) is 0.255. The largest absolute Gasteiger partial charge is 0.456 e. The molecule has 1 amide bonds. The average Bonchev–Trinajstić information content (AvgIpc) is 3.08. The molecule has 2 heterocycles. The SMILES string of the molecule is CC(C)NC(=O)c1cccc(Oc2ccc(Nc3ncnc4c3C=C(CNCC(F)F)CCN4)cc2Cl)c1. The van der Waals surface area contributed by atoms with Gasteiger partial charge in [0, 0.05) is 30.4 Å². The summed E-state index contributed by atoms with van der Waals surface area (Å²) in [6.07, 6.45) is 1.64. The monoisotopic (exact) mass is 542 g/mol. The third-order valence-corrected chi connectivity index (χ3v) is 5.86. The normalized spacial score (nSPS) is 12.9. The summed E-state index contributed by atoms with van der Waals surface area (Å²) in [5.41, 5.74) is 2.84. The molecule has 0 saturated carbocycles. The lowest BCUT2D eigenvalue weighted by atomic mass is 10.1. The number of fused-ring (bicyclic) bond motifs is 1. The smallest absolute Gasteiger partial charge is 0.251 e. The highest BCUT2D eigenvalue weighted by atomic mass is 35.5. The number of nitrogens with one attached hydrogen (secondary N) is 4. The topological polar surface area (TPSA) is 100 Å². The van der Waals surface area contributed by atoms with Crippen LogP contribution < -0.4 is 26.0 Å². The number of anilines is 3. The van der Waals surface area contributed by atoms with Crippen molar-refractivity contribution >= 4 is 40.9 Å². The number of amides is 1. The Bertz CT molecular complexity index is 1320. The Labute approximate surface area is 224 Å². The van der Waals surface area contributed by atoms with E-state index in [4.69, 9.17) is 16.3 Å². The zero-order valence-electron chi connectivity index (χ0n) is 21.0. The van der Waals surface area contributed by atoms with Crippen molar-refractivity contribution < 1.29 is 18.3 Å². The zero-order chi connectivity index (χ0) is 27.1. The summed E-state index contributed by atoms with van der Waals surface area (Å²) in [6, 6.07) is 12.1. The van der Waals surface area contributed by atoms with Crippen LogP contribution in [0.1, 0.15) is 36.2 Å². The molecule has 0 spiro atoms. The number of aromatic nitrogens is 2. The molecule has 3 aromatic rings. The minimum absolute atomic E-state index is 0.0199. The van der Waals surface area contributed by atoms with Gasteiger partial charge >= 0.3 is 0 Å². The van der Waals surface area contributed by atoms with Crippen LogP contribution in [-0.2, 0) is 0 Å². The van der Waals surface area contributed by atoms with E-state index in [-0.39, 0.29) is 18.5 Å². The summed E-state index contributed by atoms with van der Waals surface area (Å²) in [5, 5.41) is 12.5. The molecule has 0 unspecified atom stereocenters. The average molecular weight is 543 g/mol. The molecule has 200 valence electrons. The molecule has 0 radical (unpaired) electrons. The maximum absolute atomic E-state index is 12.5. The number of carbonyl (C=O) groups is 1. The van der Waals surface area contributed by atoms with Crippen molar-refractivity contribution in [2.75, 3.05) is 30.3 Å². The number of rotatable bonds is 10. The molecule has 8 nitrogen and oxygen atoms in total. The molecular formula is C27H29ClF2N6O2. The number of nitrogens with zero attached hydrogens (tertiary/aromatic N) is 2. The molecule has 1 aliphatic heterocycles. The molecule has 0 bridgehead atoms. The van der Waals surface area contributed by atoms with Gasteiger partial charge in [-0.25, -0.2) is 18.7 Å². The standard InChI is InChI=1S/C27H29ClF2N6O2/c1-16(2)35-27(37)18-4-3-5-20(11-18)38-23-7-6-19(12-22(23)28)36-26-21-10-17(13-31-14-24(29)30)8-9-32-25(21)33-15-34-26/h3-7,10-12,15-16,24,31H,8-9,13-14H2,1-2H3,(H,35,37)(H2,32,33,34,36). The van der Waals surface area contributed by atoms with Crippen LogP contribution >= 0.6 is 11.6 Å². The Morgan fingerprint density at radius 3 is 2.79 bits per heavy atom. The highest BCUT2D eigenvalue weighted by Crippen LogP contribution is 2.34. The zero-order valence-corrected chi connectivity index (χ0v) is 21.8. The van der Waals surface area contributed by atoms with Crippen molar-refractivity contribution in [1.29, 1.82) is 0 Å². The van der Waals surface area contributed by atoms with Crippen LogP contribution in [0.25, 0.3) is 6.08 Å². The number of carbonyl (C=O) groups excluding carboxylic acids is 1. The molecule has 0 aliphatic carbocycles. The molecule has 38 heavy (non-hydrogen) atoms. The van der Waals surface area contributed by atoms with Gasteiger partial charge < -0.3 is 26.0 Å². The van der Waals surface area contributed by atoms with Crippen molar-refractivity contribution in [2.45, 2.75) is 32.7 Å². The molecule has 1 aromatic heterocycles. The minimum atomic E-state index is -2.41. The Morgan fingerprint density at radius 1 is 1.18 bits per heavy atom. The first-order chi connectivity index (χ1) is 18.3. The molecule has 0 fully saturated rings. The van der Waals surface area contributed by atoms with Crippen LogP contribution in [0.3, 0.4) is 0 Å². The first-order valence-corrected chi connectivity index (χ1v) is 12.6. The molecule has 2 aromatic carbocycles. The Kier molecular flexibility index (Phi) is 9.09. The maximum Gasteiger partial charge on any atom is 0.251 e. The minimum Gasteiger partial charge on any atom is -0.456 e. The van der Waals surface area contributed by atoms with Crippen molar-refractivity contribution in [3.05, 3.63) is 70.5 Å².